The van der Waals surface area contributed by atoms with Gasteiger partial charge in [-0.25, -0.2) is 0 Å². The molecule has 1 amide bonds. The largest absolute Gasteiger partial charge is 0.313 e. The second kappa shape index (κ2) is 5.32. The van der Waals surface area contributed by atoms with Gasteiger partial charge in [-0.3, -0.25) is 4.79 Å². The van der Waals surface area contributed by atoms with Crippen molar-refractivity contribution < 1.29 is 4.79 Å². The predicted octanol–water partition coefficient (Wildman–Crippen LogP) is 2.48. The van der Waals surface area contributed by atoms with Gasteiger partial charge in [0.25, 0.3) is 0 Å². The van der Waals surface area contributed by atoms with E-state index in [1.54, 1.807) is 0 Å². The number of hydrogen-bond donors (Lipinski definition) is 1. The smallest absolute Gasteiger partial charge is 0.226 e. The molecule has 3 nitrogen and oxygen atoms in total. The molecule has 92 valence electrons. The molecule has 0 aliphatic carbocycles. The lowest BCUT2D eigenvalue weighted by atomic mass is 10.1. The van der Waals surface area contributed by atoms with Crippen molar-refractivity contribution in [3.63, 3.8) is 0 Å². The van der Waals surface area contributed by atoms with Crippen molar-refractivity contribution in [2.24, 2.45) is 0 Å². The Morgan fingerprint density at radius 2 is 2.18 bits per heavy atom. The van der Waals surface area contributed by atoms with Crippen molar-refractivity contribution >= 4 is 11.6 Å². The van der Waals surface area contributed by atoms with Crippen LogP contribution in [0, 0.1) is 0 Å². The third kappa shape index (κ3) is 2.67. The maximum Gasteiger partial charge on any atom is 0.226 e. The molecule has 0 spiro atoms. The molecule has 1 aliphatic heterocycles. The van der Waals surface area contributed by atoms with Crippen molar-refractivity contribution in [1.82, 2.24) is 5.32 Å². The van der Waals surface area contributed by atoms with E-state index in [0.717, 1.165) is 25.1 Å². The first kappa shape index (κ1) is 12.1. The average molecular weight is 232 g/mol. The van der Waals surface area contributed by atoms with E-state index in [2.05, 4.69) is 24.4 Å². The normalized spacial score (nSPS) is 18.2. The van der Waals surface area contributed by atoms with Gasteiger partial charge in [-0.2, -0.15) is 0 Å². The number of anilines is 1. The highest BCUT2D eigenvalue weighted by Gasteiger charge is 2.19. The molecule has 1 heterocycles. The minimum Gasteiger partial charge on any atom is -0.313 e. The van der Waals surface area contributed by atoms with Crippen molar-refractivity contribution in [3.05, 3.63) is 29.8 Å². The Morgan fingerprint density at radius 3 is 2.88 bits per heavy atom. The summed E-state index contributed by atoms with van der Waals surface area (Å²) in [6.07, 6.45) is 2.82. The minimum absolute atomic E-state index is 0.255. The molecule has 1 aromatic rings. The van der Waals surface area contributed by atoms with E-state index in [1.165, 1.54) is 5.56 Å². The van der Waals surface area contributed by atoms with Crippen LogP contribution in [0.2, 0.25) is 0 Å². The van der Waals surface area contributed by atoms with Crippen LogP contribution in [0.4, 0.5) is 5.69 Å². The van der Waals surface area contributed by atoms with E-state index in [9.17, 15) is 4.79 Å². The molecular weight excluding hydrogens is 212 g/mol. The van der Waals surface area contributed by atoms with Crippen LogP contribution in [-0.2, 0) is 4.79 Å². The van der Waals surface area contributed by atoms with Crippen LogP contribution >= 0.6 is 0 Å². The molecule has 0 aromatic heterocycles. The SMILES string of the molecule is CNC(C)c1cccc(N2CCCCC2=O)c1. The van der Waals surface area contributed by atoms with Crippen LogP contribution in [0.1, 0.15) is 37.8 Å². The molecule has 3 heteroatoms. The van der Waals surface area contributed by atoms with Gasteiger partial charge in [-0.05, 0) is 44.5 Å². The van der Waals surface area contributed by atoms with Crippen molar-refractivity contribution in [1.29, 1.82) is 0 Å². The number of nitrogens with one attached hydrogen (secondary N) is 1. The van der Waals surface area contributed by atoms with Gasteiger partial charge in [0, 0.05) is 24.7 Å². The summed E-state index contributed by atoms with van der Waals surface area (Å²) in [5.41, 5.74) is 2.26. The third-order valence-corrected chi connectivity index (χ3v) is 3.44. The van der Waals surface area contributed by atoms with E-state index in [0.29, 0.717) is 12.5 Å². The Morgan fingerprint density at radius 1 is 1.35 bits per heavy atom. The number of benzene rings is 1. The van der Waals surface area contributed by atoms with E-state index in [-0.39, 0.29) is 5.91 Å². The standard InChI is InChI=1S/C14H20N2O/c1-11(15-2)12-6-5-7-13(10-12)16-9-4-3-8-14(16)17/h5-7,10-11,15H,3-4,8-9H2,1-2H3. The number of amides is 1. The molecule has 0 bridgehead atoms. The van der Waals surface area contributed by atoms with Crippen LogP contribution in [0.15, 0.2) is 24.3 Å². The van der Waals surface area contributed by atoms with Crippen molar-refractivity contribution in [2.75, 3.05) is 18.5 Å². The number of carbonyl (C=O) groups excluding carboxylic acids is 1. The first-order valence-electron chi connectivity index (χ1n) is 6.30. The lowest BCUT2D eigenvalue weighted by Gasteiger charge is -2.27. The maximum absolute atomic E-state index is 11.9. The van der Waals surface area contributed by atoms with E-state index in [1.807, 2.05) is 24.1 Å². The molecular formula is C14H20N2O. The van der Waals surface area contributed by atoms with Gasteiger partial charge in [0.1, 0.15) is 0 Å². The highest BCUT2D eigenvalue weighted by molar-refractivity contribution is 5.94. The fourth-order valence-electron chi connectivity index (χ4n) is 2.21. The molecule has 17 heavy (non-hydrogen) atoms. The molecule has 1 fully saturated rings. The minimum atomic E-state index is 0.255. The van der Waals surface area contributed by atoms with Crippen LogP contribution in [0.5, 0.6) is 0 Å². The summed E-state index contributed by atoms with van der Waals surface area (Å²) in [6.45, 7) is 2.98. The van der Waals surface area contributed by atoms with Gasteiger partial charge in [0.2, 0.25) is 5.91 Å². The summed E-state index contributed by atoms with van der Waals surface area (Å²) < 4.78 is 0. The van der Waals surface area contributed by atoms with Crippen LogP contribution < -0.4 is 10.2 Å². The maximum atomic E-state index is 11.9. The van der Waals surface area contributed by atoms with E-state index < -0.39 is 0 Å². The Balaban J connectivity index is 2.23. The number of hydrogen-bond acceptors (Lipinski definition) is 2. The molecule has 0 radical (unpaired) electrons. The summed E-state index contributed by atoms with van der Waals surface area (Å²) in [6, 6.07) is 8.58. The molecule has 1 N–H and O–H groups in total. The summed E-state index contributed by atoms with van der Waals surface area (Å²) in [4.78, 5) is 13.8. The Kier molecular flexibility index (Phi) is 3.79. The summed E-state index contributed by atoms with van der Waals surface area (Å²) in [7, 11) is 1.95. The highest BCUT2D eigenvalue weighted by Crippen LogP contribution is 2.24. The van der Waals surface area contributed by atoms with E-state index >= 15 is 0 Å². The Bertz CT molecular complexity index is 403. The lowest BCUT2D eigenvalue weighted by molar-refractivity contribution is -0.119. The summed E-state index contributed by atoms with van der Waals surface area (Å²) in [5, 5.41) is 3.22. The second-order valence-electron chi connectivity index (χ2n) is 4.61. The molecule has 2 rings (SSSR count). The summed E-state index contributed by atoms with van der Waals surface area (Å²) >= 11 is 0. The molecule has 1 aliphatic rings. The quantitative estimate of drug-likeness (QED) is 0.868. The number of nitrogens with zero attached hydrogens (tertiary/aromatic N) is 1. The van der Waals surface area contributed by atoms with Gasteiger partial charge in [-0.15, -0.1) is 0 Å². The Hall–Kier alpha value is -1.35. The first-order valence-corrected chi connectivity index (χ1v) is 6.30. The van der Waals surface area contributed by atoms with Gasteiger partial charge in [-0.1, -0.05) is 12.1 Å². The van der Waals surface area contributed by atoms with E-state index in [4.69, 9.17) is 0 Å². The van der Waals surface area contributed by atoms with Crippen LogP contribution in [0.25, 0.3) is 0 Å². The van der Waals surface area contributed by atoms with Crippen LogP contribution in [-0.4, -0.2) is 19.5 Å². The number of carbonyl (C=O) groups is 1. The van der Waals surface area contributed by atoms with Crippen molar-refractivity contribution in [3.8, 4) is 0 Å². The molecule has 1 unspecified atom stereocenters. The van der Waals surface area contributed by atoms with Crippen LogP contribution in [0.3, 0.4) is 0 Å². The zero-order chi connectivity index (χ0) is 12.3. The topological polar surface area (TPSA) is 32.3 Å². The summed E-state index contributed by atoms with van der Waals surface area (Å²) in [5.74, 6) is 0.255. The number of piperidine rings is 1. The molecule has 0 saturated carbocycles. The van der Waals surface area contributed by atoms with Gasteiger partial charge >= 0.3 is 0 Å². The van der Waals surface area contributed by atoms with Gasteiger partial charge in [0.15, 0.2) is 0 Å². The fraction of sp³-hybridized carbons (Fsp3) is 0.500. The highest BCUT2D eigenvalue weighted by atomic mass is 16.2. The van der Waals surface area contributed by atoms with Gasteiger partial charge < -0.3 is 10.2 Å². The predicted molar refractivity (Wildman–Crippen MR) is 70.1 cm³/mol. The fourth-order valence-corrected chi connectivity index (χ4v) is 2.21. The third-order valence-electron chi connectivity index (χ3n) is 3.44. The Labute approximate surface area is 103 Å². The first-order chi connectivity index (χ1) is 8.22. The monoisotopic (exact) mass is 232 g/mol. The molecule has 1 aromatic carbocycles. The van der Waals surface area contributed by atoms with Gasteiger partial charge in [0.05, 0.1) is 0 Å². The zero-order valence-electron chi connectivity index (χ0n) is 10.6. The lowest BCUT2D eigenvalue weighted by Crippen LogP contribution is -2.35. The van der Waals surface area contributed by atoms with Crippen molar-refractivity contribution in [2.45, 2.75) is 32.2 Å². The molecule has 1 atom stereocenters. The second-order valence-corrected chi connectivity index (χ2v) is 4.61. The zero-order valence-corrected chi connectivity index (χ0v) is 10.6. The number of rotatable bonds is 3. The molecule has 1 saturated heterocycles. The average Bonchev–Trinajstić information content (AvgIpc) is 2.38.